The van der Waals surface area contributed by atoms with Crippen molar-refractivity contribution >= 4 is 28.8 Å². The number of aromatic amines is 1. The van der Waals surface area contributed by atoms with E-state index in [2.05, 4.69) is 4.98 Å². The summed E-state index contributed by atoms with van der Waals surface area (Å²) in [4.78, 5) is 49.8. The van der Waals surface area contributed by atoms with E-state index in [0.717, 1.165) is 35.3 Å². The zero-order valence-electron chi connectivity index (χ0n) is 19.1. The molecule has 3 heterocycles. The van der Waals surface area contributed by atoms with E-state index in [9.17, 15) is 14.4 Å². The average Bonchev–Trinajstić information content (AvgIpc) is 3.44. The molecule has 0 radical (unpaired) electrons. The molecule has 0 aliphatic carbocycles. The van der Waals surface area contributed by atoms with Gasteiger partial charge in [0.15, 0.2) is 0 Å². The van der Waals surface area contributed by atoms with Gasteiger partial charge < -0.3 is 9.88 Å². The highest BCUT2D eigenvalue weighted by molar-refractivity contribution is 6.21. The number of H-pyrrole nitrogens is 1. The highest BCUT2D eigenvalue weighted by Crippen LogP contribution is 2.28. The standard InChI is InChI=1S/C28H24N4O3/c33-26(31-15-5-6-20(17-31)25-29-23-9-3-4-10-24(23)30-25)19-13-11-18(12-14-19)16-32-27(34)21-7-1-2-8-22(21)28(32)35/h1-4,7-14,20H,5-6,15-17H2,(H,29,30). The van der Waals surface area contributed by atoms with E-state index in [-0.39, 0.29) is 30.2 Å². The van der Waals surface area contributed by atoms with Crippen LogP contribution in [0.3, 0.4) is 0 Å². The van der Waals surface area contributed by atoms with Crippen molar-refractivity contribution in [1.82, 2.24) is 19.8 Å². The Kier molecular flexibility index (Phi) is 5.17. The van der Waals surface area contributed by atoms with Gasteiger partial charge in [0, 0.05) is 24.6 Å². The summed E-state index contributed by atoms with van der Waals surface area (Å²) in [6, 6.07) is 22.0. The molecule has 6 rings (SSSR count). The molecule has 1 fully saturated rings. The van der Waals surface area contributed by atoms with Crippen LogP contribution in [0.5, 0.6) is 0 Å². The van der Waals surface area contributed by atoms with Crippen molar-refractivity contribution in [2.45, 2.75) is 25.3 Å². The number of rotatable bonds is 4. The molecule has 2 aliphatic rings. The number of para-hydroxylation sites is 2. The van der Waals surface area contributed by atoms with Gasteiger partial charge in [-0.15, -0.1) is 0 Å². The summed E-state index contributed by atoms with van der Waals surface area (Å²) < 4.78 is 0. The first-order valence-corrected chi connectivity index (χ1v) is 11.9. The Hall–Kier alpha value is -4.26. The molecule has 0 bridgehead atoms. The number of imide groups is 1. The molecule has 3 amide bonds. The number of imidazole rings is 1. The lowest BCUT2D eigenvalue weighted by molar-refractivity contribution is 0.0639. The number of nitrogens with one attached hydrogen (secondary N) is 1. The molecule has 1 N–H and O–H groups in total. The van der Waals surface area contributed by atoms with Gasteiger partial charge in [0.2, 0.25) is 0 Å². The summed E-state index contributed by atoms with van der Waals surface area (Å²) in [5.74, 6) is 0.526. The van der Waals surface area contributed by atoms with Crippen LogP contribution >= 0.6 is 0 Å². The SMILES string of the molecule is O=C(c1ccc(CN2C(=O)c3ccccc3C2=O)cc1)N1CCCC(c2nc3ccccc3[nH]2)C1. The number of likely N-dealkylation sites (tertiary alicyclic amines) is 1. The van der Waals surface area contributed by atoms with Gasteiger partial charge in [-0.2, -0.15) is 0 Å². The maximum atomic E-state index is 13.2. The molecule has 174 valence electrons. The smallest absolute Gasteiger partial charge is 0.261 e. The molecule has 1 aromatic heterocycles. The van der Waals surface area contributed by atoms with E-state index in [1.807, 2.05) is 41.3 Å². The van der Waals surface area contributed by atoms with Crippen molar-refractivity contribution in [2.75, 3.05) is 13.1 Å². The molecule has 2 aliphatic heterocycles. The van der Waals surface area contributed by atoms with Gasteiger partial charge in [-0.05, 0) is 54.8 Å². The van der Waals surface area contributed by atoms with Gasteiger partial charge in [-0.25, -0.2) is 4.98 Å². The van der Waals surface area contributed by atoms with Gasteiger partial charge in [-0.1, -0.05) is 36.4 Å². The number of amides is 3. The van der Waals surface area contributed by atoms with Crippen LogP contribution in [0.1, 0.15) is 61.2 Å². The number of carbonyl (C=O) groups is 3. The topological polar surface area (TPSA) is 86.4 Å². The number of benzene rings is 3. The second-order valence-electron chi connectivity index (χ2n) is 9.17. The highest BCUT2D eigenvalue weighted by Gasteiger charge is 2.35. The molecular formula is C28H24N4O3. The van der Waals surface area contributed by atoms with Gasteiger partial charge in [-0.3, -0.25) is 19.3 Å². The van der Waals surface area contributed by atoms with Gasteiger partial charge in [0.05, 0.1) is 28.7 Å². The van der Waals surface area contributed by atoms with E-state index >= 15 is 0 Å². The van der Waals surface area contributed by atoms with Crippen LogP contribution in [0, 0.1) is 0 Å². The molecule has 3 aromatic carbocycles. The van der Waals surface area contributed by atoms with Crippen molar-refractivity contribution in [3.8, 4) is 0 Å². The molecule has 1 atom stereocenters. The Bertz CT molecular complexity index is 1390. The fourth-order valence-electron chi connectivity index (χ4n) is 5.05. The fourth-order valence-corrected chi connectivity index (χ4v) is 5.05. The van der Waals surface area contributed by atoms with E-state index in [1.165, 1.54) is 4.90 Å². The van der Waals surface area contributed by atoms with Gasteiger partial charge in [0.1, 0.15) is 5.82 Å². The molecular weight excluding hydrogens is 440 g/mol. The first kappa shape index (κ1) is 21.3. The Morgan fingerprint density at radius 1 is 0.914 bits per heavy atom. The first-order chi connectivity index (χ1) is 17.1. The minimum Gasteiger partial charge on any atom is -0.342 e. The van der Waals surface area contributed by atoms with E-state index in [4.69, 9.17) is 4.98 Å². The van der Waals surface area contributed by atoms with Gasteiger partial charge >= 0.3 is 0 Å². The molecule has 0 spiro atoms. The minimum absolute atomic E-state index is 0.0157. The van der Waals surface area contributed by atoms with Crippen molar-refractivity contribution < 1.29 is 14.4 Å². The van der Waals surface area contributed by atoms with Crippen LogP contribution < -0.4 is 0 Å². The Morgan fingerprint density at radius 2 is 1.60 bits per heavy atom. The monoisotopic (exact) mass is 464 g/mol. The summed E-state index contributed by atoms with van der Waals surface area (Å²) in [7, 11) is 0. The van der Waals surface area contributed by atoms with Crippen LogP contribution in [-0.4, -0.2) is 50.6 Å². The van der Waals surface area contributed by atoms with Gasteiger partial charge in [0.25, 0.3) is 17.7 Å². The third kappa shape index (κ3) is 3.79. The van der Waals surface area contributed by atoms with E-state index in [0.29, 0.717) is 29.8 Å². The number of nitrogens with zero attached hydrogens (tertiary/aromatic N) is 3. The molecule has 0 saturated carbocycles. The van der Waals surface area contributed by atoms with Crippen LogP contribution in [0.4, 0.5) is 0 Å². The van der Waals surface area contributed by atoms with Crippen LogP contribution in [0.2, 0.25) is 0 Å². The van der Waals surface area contributed by atoms with Crippen molar-refractivity contribution in [1.29, 1.82) is 0 Å². The zero-order chi connectivity index (χ0) is 23.9. The number of aromatic nitrogens is 2. The first-order valence-electron chi connectivity index (χ1n) is 11.9. The summed E-state index contributed by atoms with van der Waals surface area (Å²) in [5.41, 5.74) is 4.23. The highest BCUT2D eigenvalue weighted by atomic mass is 16.2. The molecule has 1 saturated heterocycles. The Balaban J connectivity index is 1.14. The van der Waals surface area contributed by atoms with Crippen molar-refractivity contribution in [3.63, 3.8) is 0 Å². The summed E-state index contributed by atoms with van der Waals surface area (Å²) in [5, 5.41) is 0. The number of fused-ring (bicyclic) bond motifs is 2. The molecule has 35 heavy (non-hydrogen) atoms. The number of piperidine rings is 1. The van der Waals surface area contributed by atoms with E-state index < -0.39 is 0 Å². The Labute approximate surface area is 202 Å². The molecule has 4 aromatic rings. The van der Waals surface area contributed by atoms with Crippen molar-refractivity contribution in [3.05, 3.63) is 101 Å². The van der Waals surface area contributed by atoms with Crippen LogP contribution in [0.25, 0.3) is 11.0 Å². The lowest BCUT2D eigenvalue weighted by Gasteiger charge is -2.32. The van der Waals surface area contributed by atoms with Crippen LogP contribution in [-0.2, 0) is 6.54 Å². The quantitative estimate of drug-likeness (QED) is 0.454. The third-order valence-corrected chi connectivity index (χ3v) is 6.92. The number of hydrogen-bond acceptors (Lipinski definition) is 4. The summed E-state index contributed by atoms with van der Waals surface area (Å²) in [6.45, 7) is 1.51. The fraction of sp³-hybridized carbons (Fsp3) is 0.214. The predicted molar refractivity (Wildman–Crippen MR) is 131 cm³/mol. The summed E-state index contributed by atoms with van der Waals surface area (Å²) in [6.07, 6.45) is 1.91. The zero-order valence-corrected chi connectivity index (χ0v) is 19.1. The molecule has 7 heteroatoms. The number of hydrogen-bond donors (Lipinski definition) is 1. The molecule has 7 nitrogen and oxygen atoms in total. The lowest BCUT2D eigenvalue weighted by atomic mass is 9.96. The second-order valence-corrected chi connectivity index (χ2v) is 9.17. The lowest BCUT2D eigenvalue weighted by Crippen LogP contribution is -2.39. The minimum atomic E-state index is -0.282. The number of carbonyl (C=O) groups excluding carboxylic acids is 3. The van der Waals surface area contributed by atoms with Crippen molar-refractivity contribution in [2.24, 2.45) is 0 Å². The predicted octanol–water partition coefficient (Wildman–Crippen LogP) is 4.38. The maximum Gasteiger partial charge on any atom is 0.261 e. The largest absolute Gasteiger partial charge is 0.342 e. The normalized spacial score (nSPS) is 17.8. The average molecular weight is 465 g/mol. The van der Waals surface area contributed by atoms with Crippen LogP contribution in [0.15, 0.2) is 72.8 Å². The second kappa shape index (κ2) is 8.51. The Morgan fingerprint density at radius 3 is 2.31 bits per heavy atom. The summed E-state index contributed by atoms with van der Waals surface area (Å²) >= 11 is 0. The molecule has 1 unspecified atom stereocenters. The maximum absolute atomic E-state index is 13.2. The third-order valence-electron chi connectivity index (χ3n) is 6.92. The van der Waals surface area contributed by atoms with E-state index in [1.54, 1.807) is 36.4 Å².